The lowest BCUT2D eigenvalue weighted by Gasteiger charge is -2.16. The van der Waals surface area contributed by atoms with Crippen LogP contribution in [-0.4, -0.2) is 8.11 Å². The summed E-state index contributed by atoms with van der Waals surface area (Å²) < 4.78 is 4.89. The van der Waals surface area contributed by atoms with Crippen molar-refractivity contribution < 1.29 is 9.53 Å². The third-order valence-corrected chi connectivity index (χ3v) is 3.87. The molecule has 18 heavy (non-hydrogen) atoms. The Morgan fingerprint density at radius 3 is 2.11 bits per heavy atom. The molecule has 7 heteroatoms. The molecule has 0 radical (unpaired) electrons. The van der Waals surface area contributed by atoms with Crippen molar-refractivity contribution in [3.05, 3.63) is 44.9 Å². The number of benzene rings is 1. The molecular weight excluding hydrogens is 564 g/mol. The Bertz CT molecular complexity index is 446. The first kappa shape index (κ1) is 16.9. The molecule has 1 aromatic rings. The first-order valence-corrected chi connectivity index (χ1v) is 8.62. The molecule has 0 saturated heterocycles. The van der Waals surface area contributed by atoms with Crippen molar-refractivity contribution in [2.24, 2.45) is 0 Å². The number of esters is 1. The minimum Gasteiger partial charge on any atom is -0.457 e. The SMILES string of the molecule is O=C(OCc1ccccc1)C(=C(Br)Br)C(Br)(Br)Br. The quantitative estimate of drug-likeness (QED) is 0.270. The van der Waals surface area contributed by atoms with Crippen LogP contribution in [-0.2, 0) is 16.1 Å². The summed E-state index contributed by atoms with van der Waals surface area (Å²) in [5.41, 5.74) is 1.28. The highest BCUT2D eigenvalue weighted by Crippen LogP contribution is 2.45. The standard InChI is InChI=1S/C11H7Br5O2/c12-9(13)8(11(14,15)16)10(17)18-6-7-4-2-1-3-5-7/h1-5H,6H2. The molecule has 0 N–H and O–H groups in total. The predicted molar refractivity (Wildman–Crippen MR) is 90.6 cm³/mol. The van der Waals surface area contributed by atoms with Crippen LogP contribution in [0.1, 0.15) is 5.56 Å². The Labute approximate surface area is 147 Å². The predicted octanol–water partition coefficient (Wildman–Crippen LogP) is 5.57. The van der Waals surface area contributed by atoms with Crippen LogP contribution in [0, 0.1) is 0 Å². The molecule has 0 fully saturated rings. The number of halogens is 5. The van der Waals surface area contributed by atoms with Gasteiger partial charge >= 0.3 is 5.97 Å². The zero-order valence-corrected chi connectivity index (χ0v) is 16.7. The largest absolute Gasteiger partial charge is 0.457 e. The van der Waals surface area contributed by atoms with Gasteiger partial charge in [0, 0.05) is 0 Å². The van der Waals surface area contributed by atoms with Crippen molar-refractivity contribution in [2.45, 2.75) is 8.75 Å². The van der Waals surface area contributed by atoms with E-state index in [0.29, 0.717) is 8.96 Å². The van der Waals surface area contributed by atoms with E-state index in [2.05, 4.69) is 79.6 Å². The van der Waals surface area contributed by atoms with E-state index in [1.165, 1.54) is 0 Å². The Kier molecular flexibility index (Phi) is 7.10. The van der Waals surface area contributed by atoms with Crippen LogP contribution in [0.3, 0.4) is 0 Å². The summed E-state index contributed by atoms with van der Waals surface area (Å²) in [6.45, 7) is 0.222. The monoisotopic (exact) mass is 566 g/mol. The summed E-state index contributed by atoms with van der Waals surface area (Å²) in [5.74, 6) is -0.451. The summed E-state index contributed by atoms with van der Waals surface area (Å²) in [5, 5.41) is 0. The highest BCUT2D eigenvalue weighted by atomic mass is 80.0. The van der Waals surface area contributed by atoms with Crippen LogP contribution in [0.5, 0.6) is 0 Å². The van der Waals surface area contributed by atoms with Crippen LogP contribution in [0.25, 0.3) is 0 Å². The average Bonchev–Trinajstić information content (AvgIpc) is 2.25. The first-order valence-electron chi connectivity index (χ1n) is 4.66. The number of hydrogen-bond acceptors (Lipinski definition) is 2. The van der Waals surface area contributed by atoms with Crippen molar-refractivity contribution >= 4 is 85.6 Å². The molecule has 0 unspecified atom stereocenters. The molecule has 0 aromatic heterocycles. The maximum atomic E-state index is 12.0. The second kappa shape index (κ2) is 7.57. The Hall–Kier alpha value is 0.830. The topological polar surface area (TPSA) is 26.3 Å². The van der Waals surface area contributed by atoms with Gasteiger partial charge in [-0.3, -0.25) is 0 Å². The van der Waals surface area contributed by atoms with Crippen molar-refractivity contribution in [1.29, 1.82) is 0 Å². The molecule has 0 aliphatic carbocycles. The van der Waals surface area contributed by atoms with Gasteiger partial charge in [-0.25, -0.2) is 4.79 Å². The number of ether oxygens (including phenoxy) is 1. The Morgan fingerprint density at radius 1 is 1.11 bits per heavy atom. The molecule has 0 spiro atoms. The maximum Gasteiger partial charge on any atom is 0.339 e. The van der Waals surface area contributed by atoms with Crippen LogP contribution < -0.4 is 0 Å². The van der Waals surface area contributed by atoms with E-state index >= 15 is 0 Å². The van der Waals surface area contributed by atoms with E-state index in [-0.39, 0.29) is 6.61 Å². The van der Waals surface area contributed by atoms with Gasteiger partial charge in [0.25, 0.3) is 0 Å². The zero-order valence-electron chi connectivity index (χ0n) is 8.80. The van der Waals surface area contributed by atoms with Crippen LogP contribution in [0.4, 0.5) is 0 Å². The van der Waals surface area contributed by atoms with Gasteiger partial charge in [0.1, 0.15) is 6.61 Å². The molecule has 0 amide bonds. The van der Waals surface area contributed by atoms with E-state index in [1.807, 2.05) is 30.3 Å². The van der Waals surface area contributed by atoms with Crippen molar-refractivity contribution in [3.8, 4) is 0 Å². The van der Waals surface area contributed by atoms with E-state index < -0.39 is 8.11 Å². The molecule has 0 aliphatic rings. The second-order valence-corrected chi connectivity index (χ2v) is 12.6. The summed E-state index contributed by atoms with van der Waals surface area (Å²) in [4.78, 5) is 12.0. The molecule has 1 aromatic carbocycles. The van der Waals surface area contributed by atoms with E-state index in [0.717, 1.165) is 5.56 Å². The van der Waals surface area contributed by atoms with E-state index in [4.69, 9.17) is 4.74 Å². The summed E-state index contributed by atoms with van der Waals surface area (Å²) in [6, 6.07) is 9.48. The molecule has 2 nitrogen and oxygen atoms in total. The van der Waals surface area contributed by atoms with Gasteiger partial charge in [0.05, 0.1) is 8.96 Å². The number of carbonyl (C=O) groups excluding carboxylic acids is 1. The van der Waals surface area contributed by atoms with Crippen LogP contribution in [0.2, 0.25) is 0 Å². The van der Waals surface area contributed by atoms with Crippen molar-refractivity contribution in [1.82, 2.24) is 0 Å². The lowest BCUT2D eigenvalue weighted by atomic mass is 10.2. The number of rotatable bonds is 3. The van der Waals surface area contributed by atoms with Gasteiger partial charge in [-0.2, -0.15) is 0 Å². The molecule has 98 valence electrons. The summed E-state index contributed by atoms with van der Waals surface area (Å²) in [7, 11) is 0. The molecule has 0 saturated carbocycles. The second-order valence-electron chi connectivity index (χ2n) is 3.19. The van der Waals surface area contributed by atoms with Gasteiger partial charge in [0.2, 0.25) is 0 Å². The minimum absolute atomic E-state index is 0.222. The lowest BCUT2D eigenvalue weighted by molar-refractivity contribution is -0.140. The smallest absolute Gasteiger partial charge is 0.339 e. The van der Waals surface area contributed by atoms with Gasteiger partial charge in [-0.05, 0) is 37.4 Å². The first-order chi connectivity index (χ1) is 8.32. The molecule has 0 heterocycles. The summed E-state index contributed by atoms with van der Waals surface area (Å²) in [6.07, 6.45) is 0. The third kappa shape index (κ3) is 5.45. The number of carbonyl (C=O) groups is 1. The van der Waals surface area contributed by atoms with Crippen molar-refractivity contribution in [3.63, 3.8) is 0 Å². The van der Waals surface area contributed by atoms with Gasteiger partial charge < -0.3 is 4.74 Å². The Balaban J connectivity index is 2.74. The van der Waals surface area contributed by atoms with Crippen molar-refractivity contribution in [2.75, 3.05) is 0 Å². The fourth-order valence-corrected chi connectivity index (χ4v) is 4.69. The summed E-state index contributed by atoms with van der Waals surface area (Å²) >= 11 is 16.3. The molecule has 0 bridgehead atoms. The molecular formula is C11H7Br5O2. The van der Waals surface area contributed by atoms with E-state index in [1.54, 1.807) is 0 Å². The maximum absolute atomic E-state index is 12.0. The third-order valence-electron chi connectivity index (χ3n) is 1.89. The lowest BCUT2D eigenvalue weighted by Crippen LogP contribution is -2.18. The highest BCUT2D eigenvalue weighted by Gasteiger charge is 2.33. The highest BCUT2D eigenvalue weighted by molar-refractivity contribution is 9.39. The van der Waals surface area contributed by atoms with Gasteiger partial charge in [-0.1, -0.05) is 78.1 Å². The fourth-order valence-electron chi connectivity index (χ4n) is 1.10. The van der Waals surface area contributed by atoms with Crippen LogP contribution in [0.15, 0.2) is 39.3 Å². The minimum atomic E-state index is -0.844. The van der Waals surface area contributed by atoms with Gasteiger partial charge in [0.15, 0.2) is 2.14 Å². The van der Waals surface area contributed by atoms with Crippen LogP contribution >= 0.6 is 79.6 Å². The number of hydrogen-bond donors (Lipinski definition) is 0. The zero-order chi connectivity index (χ0) is 13.8. The Morgan fingerprint density at radius 2 is 1.67 bits per heavy atom. The fraction of sp³-hybridized carbons (Fsp3) is 0.182. The molecule has 0 aliphatic heterocycles. The normalized spacial score (nSPS) is 10.9. The molecule has 0 atom stereocenters. The average molecular weight is 571 g/mol. The molecule has 1 rings (SSSR count). The van der Waals surface area contributed by atoms with E-state index in [9.17, 15) is 4.79 Å². The van der Waals surface area contributed by atoms with Gasteiger partial charge in [-0.15, -0.1) is 0 Å². The number of alkyl halides is 3.